The van der Waals surface area contributed by atoms with Crippen LogP contribution in [0.5, 0.6) is 0 Å². The molecule has 3 amide bonds. The Morgan fingerprint density at radius 2 is 1.94 bits per heavy atom. The molecule has 2 aromatic heterocycles. The summed E-state index contributed by atoms with van der Waals surface area (Å²) in [5.74, 6) is -0.846. The number of nitrogens with one attached hydrogen (secondary N) is 2. The van der Waals surface area contributed by atoms with Crippen LogP contribution in [0.15, 0.2) is 30.7 Å². The second kappa shape index (κ2) is 8.03. The van der Waals surface area contributed by atoms with Gasteiger partial charge in [0.25, 0.3) is 11.8 Å². The Balaban J connectivity index is 1.39. The summed E-state index contributed by atoms with van der Waals surface area (Å²) >= 11 is 0. The van der Waals surface area contributed by atoms with E-state index in [1.54, 1.807) is 15.7 Å². The normalized spacial score (nSPS) is 23.2. The predicted octanol–water partition coefficient (Wildman–Crippen LogP) is 1.64. The molecule has 0 aromatic carbocycles. The van der Waals surface area contributed by atoms with E-state index in [9.17, 15) is 14.4 Å². The van der Waals surface area contributed by atoms with Crippen molar-refractivity contribution in [3.8, 4) is 0 Å². The van der Waals surface area contributed by atoms with E-state index in [0.29, 0.717) is 0 Å². The zero-order valence-electron chi connectivity index (χ0n) is 18.2. The molecule has 2 aromatic rings. The SMILES string of the molecule is CC1(C(=O)NC2CCCC2)Cn2cnc(C(=O)NCc3ccccn3)c2C(=O)N1C1CC1. The van der Waals surface area contributed by atoms with Crippen molar-refractivity contribution in [2.24, 2.45) is 0 Å². The molecule has 9 nitrogen and oxygen atoms in total. The molecular weight excluding hydrogens is 408 g/mol. The molecule has 0 bridgehead atoms. The van der Waals surface area contributed by atoms with Gasteiger partial charge in [-0.15, -0.1) is 0 Å². The molecule has 0 saturated heterocycles. The number of aromatic nitrogens is 3. The minimum atomic E-state index is -1.00. The van der Waals surface area contributed by atoms with Gasteiger partial charge in [-0.2, -0.15) is 0 Å². The van der Waals surface area contributed by atoms with Crippen LogP contribution in [0.2, 0.25) is 0 Å². The molecule has 2 N–H and O–H groups in total. The lowest BCUT2D eigenvalue weighted by atomic mass is 9.93. The highest BCUT2D eigenvalue weighted by molar-refractivity contribution is 6.07. The molecule has 5 rings (SSSR count). The van der Waals surface area contributed by atoms with Gasteiger partial charge in [-0.05, 0) is 44.7 Å². The van der Waals surface area contributed by atoms with Gasteiger partial charge in [-0.25, -0.2) is 4.98 Å². The van der Waals surface area contributed by atoms with Gasteiger partial charge in [-0.3, -0.25) is 19.4 Å². The number of nitrogens with zero attached hydrogens (tertiary/aromatic N) is 4. The summed E-state index contributed by atoms with van der Waals surface area (Å²) in [4.78, 5) is 50.0. The molecular formula is C23H28N6O3. The fourth-order valence-corrected chi connectivity index (χ4v) is 4.89. The third-order valence-corrected chi connectivity index (χ3v) is 6.73. The average Bonchev–Trinajstić information content (AvgIpc) is 3.30. The van der Waals surface area contributed by atoms with Gasteiger partial charge in [0.2, 0.25) is 5.91 Å². The lowest BCUT2D eigenvalue weighted by molar-refractivity contribution is -0.134. The molecule has 2 fully saturated rings. The summed E-state index contributed by atoms with van der Waals surface area (Å²) < 4.78 is 1.66. The quantitative estimate of drug-likeness (QED) is 0.716. The predicted molar refractivity (Wildman–Crippen MR) is 116 cm³/mol. The Morgan fingerprint density at radius 3 is 2.62 bits per heavy atom. The second-order valence-corrected chi connectivity index (χ2v) is 9.21. The number of hydrogen-bond donors (Lipinski definition) is 2. The Hall–Kier alpha value is -3.23. The van der Waals surface area contributed by atoms with Gasteiger partial charge < -0.3 is 20.1 Å². The lowest BCUT2D eigenvalue weighted by Crippen LogP contribution is -2.65. The van der Waals surface area contributed by atoms with E-state index in [-0.39, 0.29) is 48.4 Å². The fourth-order valence-electron chi connectivity index (χ4n) is 4.89. The van der Waals surface area contributed by atoms with Gasteiger partial charge >= 0.3 is 0 Å². The van der Waals surface area contributed by atoms with E-state index in [1.165, 1.54) is 6.33 Å². The van der Waals surface area contributed by atoms with Crippen molar-refractivity contribution in [1.29, 1.82) is 0 Å². The van der Waals surface area contributed by atoms with Crippen molar-refractivity contribution in [1.82, 2.24) is 30.1 Å². The summed E-state index contributed by atoms with van der Waals surface area (Å²) in [6, 6.07) is 5.67. The molecule has 9 heteroatoms. The van der Waals surface area contributed by atoms with Crippen molar-refractivity contribution in [3.63, 3.8) is 0 Å². The summed E-state index contributed by atoms with van der Waals surface area (Å²) in [5.41, 5.74) is 0.0587. The highest BCUT2D eigenvalue weighted by atomic mass is 16.2. The molecule has 3 heterocycles. The van der Waals surface area contributed by atoms with Crippen LogP contribution in [-0.4, -0.2) is 54.8 Å². The first-order valence-electron chi connectivity index (χ1n) is 11.4. The third kappa shape index (κ3) is 3.65. The van der Waals surface area contributed by atoms with E-state index in [4.69, 9.17) is 0 Å². The monoisotopic (exact) mass is 436 g/mol. The Bertz CT molecular complexity index is 1040. The summed E-state index contributed by atoms with van der Waals surface area (Å²) in [7, 11) is 0. The van der Waals surface area contributed by atoms with Crippen LogP contribution in [0.4, 0.5) is 0 Å². The first-order chi connectivity index (χ1) is 15.5. The first-order valence-corrected chi connectivity index (χ1v) is 11.4. The number of carbonyl (C=O) groups excluding carboxylic acids is 3. The Kier molecular flexibility index (Phi) is 5.19. The van der Waals surface area contributed by atoms with Crippen LogP contribution in [0.25, 0.3) is 0 Å². The number of rotatable bonds is 6. The van der Waals surface area contributed by atoms with Crippen molar-refractivity contribution in [3.05, 3.63) is 47.8 Å². The molecule has 168 valence electrons. The second-order valence-electron chi connectivity index (χ2n) is 9.21. The van der Waals surface area contributed by atoms with E-state index in [1.807, 2.05) is 25.1 Å². The van der Waals surface area contributed by atoms with Crippen LogP contribution in [0.1, 0.15) is 72.1 Å². The molecule has 0 radical (unpaired) electrons. The smallest absolute Gasteiger partial charge is 0.274 e. The summed E-state index contributed by atoms with van der Waals surface area (Å²) in [6.45, 7) is 2.36. The summed E-state index contributed by atoms with van der Waals surface area (Å²) in [6.07, 6.45) is 9.10. The van der Waals surface area contributed by atoms with Crippen LogP contribution >= 0.6 is 0 Å². The number of pyridine rings is 1. The highest BCUT2D eigenvalue weighted by Gasteiger charge is 2.54. The molecule has 2 saturated carbocycles. The minimum absolute atomic E-state index is 0.0231. The maximum Gasteiger partial charge on any atom is 0.274 e. The number of amides is 3. The van der Waals surface area contributed by atoms with Crippen molar-refractivity contribution in [2.75, 3.05) is 0 Å². The van der Waals surface area contributed by atoms with Gasteiger partial charge in [-0.1, -0.05) is 18.9 Å². The lowest BCUT2D eigenvalue weighted by Gasteiger charge is -2.44. The van der Waals surface area contributed by atoms with Gasteiger partial charge in [0.05, 0.1) is 25.1 Å². The third-order valence-electron chi connectivity index (χ3n) is 6.73. The van der Waals surface area contributed by atoms with Crippen molar-refractivity contribution >= 4 is 17.7 Å². The molecule has 1 aliphatic heterocycles. The molecule has 1 unspecified atom stereocenters. The zero-order valence-corrected chi connectivity index (χ0v) is 18.2. The van der Waals surface area contributed by atoms with Crippen LogP contribution in [0.3, 0.4) is 0 Å². The maximum atomic E-state index is 13.6. The van der Waals surface area contributed by atoms with E-state index >= 15 is 0 Å². The largest absolute Gasteiger partial charge is 0.351 e. The standard InChI is InChI=1S/C23H28N6O3/c1-23(22(32)27-15-6-2-3-7-15)13-28-14-26-18(19(28)21(31)29(23)17-9-10-17)20(30)25-12-16-8-4-5-11-24-16/h4-5,8,11,14-15,17H,2-3,6-7,9-10,12-13H2,1H3,(H,25,30)(H,27,32). The fraction of sp³-hybridized carbons (Fsp3) is 0.522. The van der Waals surface area contributed by atoms with Crippen LogP contribution in [0, 0.1) is 0 Å². The average molecular weight is 437 g/mol. The molecule has 0 spiro atoms. The highest BCUT2D eigenvalue weighted by Crippen LogP contribution is 2.39. The number of carbonyl (C=O) groups is 3. The Morgan fingerprint density at radius 1 is 1.16 bits per heavy atom. The van der Waals surface area contributed by atoms with Crippen LogP contribution in [-0.2, 0) is 17.9 Å². The first kappa shape index (κ1) is 20.7. The van der Waals surface area contributed by atoms with Crippen LogP contribution < -0.4 is 10.6 Å². The van der Waals surface area contributed by atoms with Gasteiger partial charge in [0.1, 0.15) is 11.2 Å². The van der Waals surface area contributed by atoms with E-state index in [2.05, 4.69) is 20.6 Å². The maximum absolute atomic E-state index is 13.6. The minimum Gasteiger partial charge on any atom is -0.351 e. The van der Waals surface area contributed by atoms with E-state index in [0.717, 1.165) is 44.2 Å². The number of hydrogen-bond acceptors (Lipinski definition) is 5. The van der Waals surface area contributed by atoms with Gasteiger partial charge in [0.15, 0.2) is 5.69 Å². The van der Waals surface area contributed by atoms with Crippen molar-refractivity contribution in [2.45, 2.75) is 76.2 Å². The van der Waals surface area contributed by atoms with Crippen molar-refractivity contribution < 1.29 is 14.4 Å². The van der Waals surface area contributed by atoms with E-state index < -0.39 is 11.4 Å². The zero-order chi connectivity index (χ0) is 22.3. The number of imidazole rings is 1. The molecule has 1 atom stereocenters. The molecule has 32 heavy (non-hydrogen) atoms. The topological polar surface area (TPSA) is 109 Å². The number of fused-ring (bicyclic) bond motifs is 1. The van der Waals surface area contributed by atoms with Gasteiger partial charge in [0, 0.05) is 18.3 Å². The Labute approximate surface area is 186 Å². The molecule has 2 aliphatic carbocycles. The summed E-state index contributed by atoms with van der Waals surface area (Å²) in [5, 5.41) is 5.96. The molecule has 3 aliphatic rings.